The first-order valence-corrected chi connectivity index (χ1v) is 6.72. The largest absolute Gasteiger partial charge is 0.315 e. The zero-order chi connectivity index (χ0) is 13.3. The molecule has 1 atom stereocenters. The molecule has 1 heterocycles. The van der Waals surface area contributed by atoms with Gasteiger partial charge < -0.3 is 4.57 Å². The van der Waals surface area contributed by atoms with Crippen molar-refractivity contribution in [2.24, 2.45) is 0 Å². The Bertz CT molecular complexity index is 625. The molecule has 2 heteroatoms. The molecule has 0 spiro atoms. The number of pyridine rings is 1. The van der Waals surface area contributed by atoms with Gasteiger partial charge in [0.25, 0.3) is 5.56 Å². The van der Waals surface area contributed by atoms with E-state index in [4.69, 9.17) is 0 Å². The summed E-state index contributed by atoms with van der Waals surface area (Å²) in [6.07, 6.45) is 3.05. The lowest BCUT2D eigenvalue weighted by Gasteiger charge is -2.12. The van der Waals surface area contributed by atoms with E-state index in [1.807, 2.05) is 13.1 Å². The maximum absolute atomic E-state index is 12.3. The number of aryl methyl sites for hydroxylation is 2. The van der Waals surface area contributed by atoms with Gasteiger partial charge in [0.15, 0.2) is 0 Å². The first kappa shape index (κ1) is 12.9. The topological polar surface area (TPSA) is 22.0 Å². The summed E-state index contributed by atoms with van der Waals surface area (Å²) in [5.41, 5.74) is 2.56. The Hall–Kier alpha value is -1.57. The molecule has 2 nitrogen and oxygen atoms in total. The molecule has 0 N–H and O–H groups in total. The normalized spacial score (nSPS) is 12.9. The van der Waals surface area contributed by atoms with Crippen LogP contribution in [0.2, 0.25) is 0 Å². The molecule has 18 heavy (non-hydrogen) atoms. The van der Waals surface area contributed by atoms with Crippen molar-refractivity contribution >= 4 is 10.8 Å². The highest BCUT2D eigenvalue weighted by molar-refractivity contribution is 5.85. The van der Waals surface area contributed by atoms with Crippen molar-refractivity contribution in [2.45, 2.75) is 46.6 Å². The third-order valence-electron chi connectivity index (χ3n) is 3.83. The highest BCUT2D eigenvalue weighted by atomic mass is 16.1. The second-order valence-electron chi connectivity index (χ2n) is 5.02. The van der Waals surface area contributed by atoms with Gasteiger partial charge in [-0.2, -0.15) is 0 Å². The molecule has 0 saturated heterocycles. The van der Waals surface area contributed by atoms with E-state index in [1.165, 1.54) is 11.1 Å². The zero-order valence-corrected chi connectivity index (χ0v) is 11.7. The minimum absolute atomic E-state index is 0.128. The van der Waals surface area contributed by atoms with Crippen LogP contribution in [-0.2, 0) is 6.54 Å². The van der Waals surface area contributed by atoms with Crippen molar-refractivity contribution in [3.05, 3.63) is 45.9 Å². The van der Waals surface area contributed by atoms with E-state index in [0.717, 1.165) is 23.7 Å². The van der Waals surface area contributed by atoms with Crippen molar-refractivity contribution in [1.82, 2.24) is 4.57 Å². The number of hydrogen-bond acceptors (Lipinski definition) is 1. The fourth-order valence-electron chi connectivity index (χ4n) is 2.38. The van der Waals surface area contributed by atoms with E-state index < -0.39 is 0 Å². The Morgan fingerprint density at radius 2 is 1.94 bits per heavy atom. The number of benzene rings is 1. The van der Waals surface area contributed by atoms with Gasteiger partial charge in [0.05, 0.1) is 0 Å². The summed E-state index contributed by atoms with van der Waals surface area (Å²) in [5, 5.41) is 1.94. The second-order valence-corrected chi connectivity index (χ2v) is 5.02. The summed E-state index contributed by atoms with van der Waals surface area (Å²) in [5.74, 6) is 0.504. The van der Waals surface area contributed by atoms with Crippen LogP contribution in [0.15, 0.2) is 29.2 Å². The van der Waals surface area contributed by atoms with Crippen LogP contribution >= 0.6 is 0 Å². The number of rotatable bonds is 3. The molecule has 0 fully saturated rings. The predicted molar refractivity (Wildman–Crippen MR) is 77.3 cm³/mol. The van der Waals surface area contributed by atoms with E-state index >= 15 is 0 Å². The van der Waals surface area contributed by atoms with Crippen LogP contribution in [0.1, 0.15) is 44.2 Å². The van der Waals surface area contributed by atoms with E-state index in [9.17, 15) is 4.79 Å². The highest BCUT2D eigenvalue weighted by Gasteiger charge is 2.09. The fourth-order valence-corrected chi connectivity index (χ4v) is 2.38. The number of aromatic nitrogens is 1. The van der Waals surface area contributed by atoms with Gasteiger partial charge in [-0.05, 0) is 48.8 Å². The fraction of sp³-hybridized carbons (Fsp3) is 0.438. The van der Waals surface area contributed by atoms with Gasteiger partial charge in [-0.3, -0.25) is 4.79 Å². The summed E-state index contributed by atoms with van der Waals surface area (Å²) >= 11 is 0. The summed E-state index contributed by atoms with van der Waals surface area (Å²) in [4.78, 5) is 12.3. The van der Waals surface area contributed by atoms with Crippen LogP contribution in [0.5, 0.6) is 0 Å². The summed E-state index contributed by atoms with van der Waals surface area (Å²) in [7, 11) is 0. The molecule has 0 saturated carbocycles. The summed E-state index contributed by atoms with van der Waals surface area (Å²) in [6, 6.07) is 6.32. The number of fused-ring (bicyclic) bond motifs is 1. The van der Waals surface area contributed by atoms with Crippen molar-refractivity contribution in [3.8, 4) is 0 Å². The van der Waals surface area contributed by atoms with Gasteiger partial charge in [0, 0.05) is 18.1 Å². The average Bonchev–Trinajstić information content (AvgIpc) is 2.41. The molecule has 1 unspecified atom stereocenters. The van der Waals surface area contributed by atoms with E-state index in [0.29, 0.717) is 5.92 Å². The molecule has 0 aliphatic heterocycles. The van der Waals surface area contributed by atoms with E-state index in [2.05, 4.69) is 39.0 Å². The lowest BCUT2D eigenvalue weighted by Crippen LogP contribution is -2.19. The molecule has 0 aliphatic rings. The Labute approximate surface area is 108 Å². The molecular weight excluding hydrogens is 222 g/mol. The Morgan fingerprint density at radius 3 is 2.56 bits per heavy atom. The minimum atomic E-state index is 0.128. The minimum Gasteiger partial charge on any atom is -0.315 e. The van der Waals surface area contributed by atoms with Crippen LogP contribution < -0.4 is 5.56 Å². The maximum atomic E-state index is 12.3. The lowest BCUT2D eigenvalue weighted by atomic mass is 9.95. The molecule has 1 aromatic carbocycles. The molecule has 2 aromatic rings. The highest BCUT2D eigenvalue weighted by Crippen LogP contribution is 2.23. The summed E-state index contributed by atoms with van der Waals surface area (Å²) < 4.78 is 1.79. The number of nitrogens with zero attached hydrogens (tertiary/aromatic N) is 1. The number of hydrogen-bond donors (Lipinski definition) is 0. The SMILES string of the molecule is CCC(C)c1ccc2c(C)cn(CC)c(=O)c2c1. The Kier molecular flexibility index (Phi) is 3.55. The first-order chi connectivity index (χ1) is 8.58. The van der Waals surface area contributed by atoms with Gasteiger partial charge >= 0.3 is 0 Å². The lowest BCUT2D eigenvalue weighted by molar-refractivity contribution is 0.726. The van der Waals surface area contributed by atoms with E-state index in [1.54, 1.807) is 4.57 Å². The van der Waals surface area contributed by atoms with Gasteiger partial charge in [-0.15, -0.1) is 0 Å². The third kappa shape index (κ3) is 2.07. The van der Waals surface area contributed by atoms with Crippen LogP contribution in [0, 0.1) is 6.92 Å². The molecule has 0 radical (unpaired) electrons. The predicted octanol–water partition coefficient (Wildman–Crippen LogP) is 3.84. The van der Waals surface area contributed by atoms with Gasteiger partial charge in [-0.1, -0.05) is 26.0 Å². The average molecular weight is 243 g/mol. The standard InChI is InChI=1S/C16H21NO/c1-5-11(3)13-7-8-14-12(4)10-17(6-2)16(18)15(14)9-13/h7-11H,5-6H2,1-4H3. The van der Waals surface area contributed by atoms with Crippen molar-refractivity contribution in [2.75, 3.05) is 0 Å². The Morgan fingerprint density at radius 1 is 1.22 bits per heavy atom. The molecule has 0 bridgehead atoms. The van der Waals surface area contributed by atoms with Crippen molar-refractivity contribution in [1.29, 1.82) is 0 Å². The van der Waals surface area contributed by atoms with Crippen LogP contribution in [-0.4, -0.2) is 4.57 Å². The van der Waals surface area contributed by atoms with Gasteiger partial charge in [-0.25, -0.2) is 0 Å². The molecule has 96 valence electrons. The summed E-state index contributed by atoms with van der Waals surface area (Å²) in [6.45, 7) is 9.18. The molecule has 0 amide bonds. The van der Waals surface area contributed by atoms with Gasteiger partial charge in [0.2, 0.25) is 0 Å². The molecule has 2 rings (SSSR count). The van der Waals surface area contributed by atoms with Crippen LogP contribution in [0.4, 0.5) is 0 Å². The van der Waals surface area contributed by atoms with E-state index in [-0.39, 0.29) is 5.56 Å². The zero-order valence-electron chi connectivity index (χ0n) is 11.7. The molecular formula is C16H21NO. The third-order valence-corrected chi connectivity index (χ3v) is 3.83. The van der Waals surface area contributed by atoms with Crippen molar-refractivity contribution in [3.63, 3.8) is 0 Å². The van der Waals surface area contributed by atoms with Gasteiger partial charge in [0.1, 0.15) is 0 Å². The first-order valence-electron chi connectivity index (χ1n) is 6.72. The molecule has 0 aliphatic carbocycles. The monoisotopic (exact) mass is 243 g/mol. The smallest absolute Gasteiger partial charge is 0.258 e. The molecule has 1 aromatic heterocycles. The maximum Gasteiger partial charge on any atom is 0.258 e. The van der Waals surface area contributed by atoms with Crippen LogP contribution in [0.25, 0.3) is 10.8 Å². The second kappa shape index (κ2) is 4.97. The quantitative estimate of drug-likeness (QED) is 0.802. The van der Waals surface area contributed by atoms with Crippen molar-refractivity contribution < 1.29 is 0 Å². The Balaban J connectivity index is 2.75. The van der Waals surface area contributed by atoms with Crippen LogP contribution in [0.3, 0.4) is 0 Å².